The van der Waals surface area contributed by atoms with E-state index in [2.05, 4.69) is 10.6 Å². The van der Waals surface area contributed by atoms with Gasteiger partial charge in [-0.15, -0.1) is 0 Å². The van der Waals surface area contributed by atoms with Crippen LogP contribution in [0.3, 0.4) is 0 Å². The summed E-state index contributed by atoms with van der Waals surface area (Å²) in [5, 5.41) is 65.1. The molecule has 3 rings (SSSR count). The number of carbonyl (C=O) groups excluding carboxylic acids is 2. The van der Waals surface area contributed by atoms with E-state index < -0.39 is 85.8 Å². The monoisotopic (exact) mass is 684 g/mol. The molecule has 2 aliphatic heterocycles. The molecule has 0 aromatic carbocycles. The first-order valence-electron chi connectivity index (χ1n) is 15.8. The van der Waals surface area contributed by atoms with Crippen LogP contribution >= 0.6 is 0 Å². The number of nitrogens with one attached hydrogen (secondary N) is 2. The molecular formula is C29H52N2O16. The van der Waals surface area contributed by atoms with Gasteiger partial charge in [-0.2, -0.15) is 0 Å². The van der Waals surface area contributed by atoms with E-state index in [1.165, 1.54) is 13.8 Å². The second-order valence-electron chi connectivity index (χ2n) is 11.9. The van der Waals surface area contributed by atoms with E-state index in [4.69, 9.17) is 37.9 Å². The van der Waals surface area contributed by atoms with Gasteiger partial charge in [-0.1, -0.05) is 6.92 Å². The van der Waals surface area contributed by atoms with Gasteiger partial charge in [0, 0.05) is 25.7 Å². The maximum Gasteiger partial charge on any atom is 0.217 e. The molecule has 3 aliphatic rings. The summed E-state index contributed by atoms with van der Waals surface area (Å²) >= 11 is 0. The third kappa shape index (κ3) is 11.2. The number of rotatable bonds is 22. The van der Waals surface area contributed by atoms with Gasteiger partial charge in [0.15, 0.2) is 12.6 Å². The third-order valence-electron chi connectivity index (χ3n) is 8.09. The lowest BCUT2D eigenvalue weighted by atomic mass is 9.97. The molecule has 0 aromatic rings. The molecule has 18 nitrogen and oxygen atoms in total. The van der Waals surface area contributed by atoms with Gasteiger partial charge in [-0.25, -0.2) is 0 Å². The van der Waals surface area contributed by atoms with Crippen molar-refractivity contribution in [2.45, 2.75) is 81.6 Å². The Hall–Kier alpha value is -1.62. The van der Waals surface area contributed by atoms with Crippen molar-refractivity contribution in [3.05, 3.63) is 0 Å². The minimum Gasteiger partial charge on any atom is -0.394 e. The highest BCUT2D eigenvalue weighted by Gasteiger charge is 2.75. The molecule has 0 bridgehead atoms. The van der Waals surface area contributed by atoms with Crippen LogP contribution in [0.2, 0.25) is 0 Å². The molecule has 18 heteroatoms. The average molecular weight is 685 g/mol. The van der Waals surface area contributed by atoms with Crippen LogP contribution in [0.25, 0.3) is 0 Å². The van der Waals surface area contributed by atoms with E-state index in [9.17, 15) is 40.2 Å². The lowest BCUT2D eigenvalue weighted by Gasteiger charge is -2.42. The van der Waals surface area contributed by atoms with Gasteiger partial charge in [-0.05, 0) is 0 Å². The van der Waals surface area contributed by atoms with Gasteiger partial charge < -0.3 is 79.2 Å². The Morgan fingerprint density at radius 2 is 1.21 bits per heavy atom. The first kappa shape index (κ1) is 39.8. The van der Waals surface area contributed by atoms with Gasteiger partial charge >= 0.3 is 0 Å². The normalized spacial score (nSPS) is 35.6. The van der Waals surface area contributed by atoms with Crippen molar-refractivity contribution in [2.75, 3.05) is 79.3 Å². The maximum absolute atomic E-state index is 11.6. The van der Waals surface area contributed by atoms with Gasteiger partial charge in [0.05, 0.1) is 91.4 Å². The molecular weight excluding hydrogens is 632 g/mol. The van der Waals surface area contributed by atoms with Crippen LogP contribution in [0, 0.1) is 11.8 Å². The summed E-state index contributed by atoms with van der Waals surface area (Å²) in [6, 6.07) is -1.78. The van der Waals surface area contributed by atoms with E-state index in [1.807, 2.05) is 6.92 Å². The standard InChI is InChI=1S/C29H52N2O16/c1-16(15-43-7-5-41-9-11-45-28-23(31-18(3)35)25(37)24(36)19(12-32)46-28)14-42-6-4-40-8-10-44-27-22(30-17(2)34)21-26(38)29(21,39)20(13-33)47-27/h16,19-28,32-33,36-39H,4-15H2,1-3H3,(H,30,34)(H,31,35)/t16?,19?,20?,21?,22?,23?,24-,25?,26?,27+,28+,29?/m0/s1. The van der Waals surface area contributed by atoms with Crippen molar-refractivity contribution in [3.8, 4) is 0 Å². The molecule has 8 N–H and O–H groups in total. The number of amides is 2. The topological polar surface area (TPSA) is 253 Å². The fourth-order valence-electron chi connectivity index (χ4n) is 5.66. The molecule has 0 radical (unpaired) electrons. The van der Waals surface area contributed by atoms with Crippen molar-refractivity contribution in [1.29, 1.82) is 0 Å². The van der Waals surface area contributed by atoms with Crippen LogP contribution in [0.5, 0.6) is 0 Å². The van der Waals surface area contributed by atoms with Crippen molar-refractivity contribution >= 4 is 11.8 Å². The average Bonchev–Trinajstić information content (AvgIpc) is 3.59. The summed E-state index contributed by atoms with van der Waals surface area (Å²) in [5.41, 5.74) is -1.63. The molecule has 0 spiro atoms. The first-order chi connectivity index (χ1) is 22.4. The molecule has 2 amide bonds. The lowest BCUT2D eigenvalue weighted by molar-refractivity contribution is -0.272. The second-order valence-corrected chi connectivity index (χ2v) is 11.9. The highest BCUT2D eigenvalue weighted by atomic mass is 16.7. The van der Waals surface area contributed by atoms with Crippen LogP contribution < -0.4 is 10.6 Å². The van der Waals surface area contributed by atoms with Crippen LogP contribution in [0.15, 0.2) is 0 Å². The van der Waals surface area contributed by atoms with E-state index >= 15 is 0 Å². The minimum atomic E-state index is -1.63. The van der Waals surface area contributed by atoms with Gasteiger partial charge in [-0.3, -0.25) is 9.59 Å². The number of carbonyl (C=O) groups is 2. The number of hydrogen-bond acceptors (Lipinski definition) is 16. The van der Waals surface area contributed by atoms with Crippen molar-refractivity contribution in [1.82, 2.24) is 10.6 Å². The molecule has 9 unspecified atom stereocenters. The lowest BCUT2D eigenvalue weighted by Crippen LogP contribution is -2.64. The molecule has 2 saturated heterocycles. The first-order valence-corrected chi connectivity index (χ1v) is 15.8. The Morgan fingerprint density at radius 1 is 0.723 bits per heavy atom. The smallest absolute Gasteiger partial charge is 0.217 e. The molecule has 1 saturated carbocycles. The Kier molecular flexibility index (Phi) is 16.6. The van der Waals surface area contributed by atoms with Crippen LogP contribution in [-0.4, -0.2) is 183 Å². The summed E-state index contributed by atoms with van der Waals surface area (Å²) in [4.78, 5) is 23.1. The minimum absolute atomic E-state index is 0.0746. The van der Waals surface area contributed by atoms with Gasteiger partial charge in [0.1, 0.15) is 36.1 Å². The number of ether oxygens (including phenoxy) is 8. The maximum atomic E-state index is 11.6. The van der Waals surface area contributed by atoms with Gasteiger partial charge in [0.25, 0.3) is 0 Å². The highest BCUT2D eigenvalue weighted by Crippen LogP contribution is 2.54. The van der Waals surface area contributed by atoms with E-state index in [-0.39, 0.29) is 38.3 Å². The molecule has 3 fully saturated rings. The number of fused-ring (bicyclic) bond motifs is 1. The molecule has 12 atom stereocenters. The fraction of sp³-hybridized carbons (Fsp3) is 0.931. The largest absolute Gasteiger partial charge is 0.394 e. The van der Waals surface area contributed by atoms with E-state index in [0.717, 1.165) is 0 Å². The molecule has 47 heavy (non-hydrogen) atoms. The summed E-state index contributed by atoms with van der Waals surface area (Å²) in [6.07, 6.45) is -8.03. The van der Waals surface area contributed by atoms with Crippen LogP contribution in [0.4, 0.5) is 0 Å². The zero-order valence-electron chi connectivity index (χ0n) is 27.1. The van der Waals surface area contributed by atoms with Crippen molar-refractivity contribution < 1.29 is 78.1 Å². The molecule has 2 heterocycles. The quantitative estimate of drug-likeness (QED) is 0.0501. The Bertz CT molecular complexity index is 950. The summed E-state index contributed by atoms with van der Waals surface area (Å²) in [5.74, 6) is -1.40. The highest BCUT2D eigenvalue weighted by molar-refractivity contribution is 5.73. The van der Waals surface area contributed by atoms with Crippen LogP contribution in [-0.2, 0) is 47.5 Å². The zero-order valence-corrected chi connectivity index (χ0v) is 27.1. The predicted molar refractivity (Wildman–Crippen MR) is 158 cm³/mol. The zero-order chi connectivity index (χ0) is 34.6. The van der Waals surface area contributed by atoms with E-state index in [1.54, 1.807) is 0 Å². The number of aliphatic hydroxyl groups excluding tert-OH is 5. The second kappa shape index (κ2) is 19.5. The summed E-state index contributed by atoms with van der Waals surface area (Å²) in [7, 11) is 0. The van der Waals surface area contributed by atoms with Crippen molar-refractivity contribution in [2.24, 2.45) is 11.8 Å². The molecule has 0 aromatic heterocycles. The SMILES string of the molecule is CC(=O)NC1C(O)[C@@H](O)C(CO)O[C@H]1OCCOCCOCC(C)COCCOCCO[C@@H]1OC(CO)C2(O)C(O)C2C1NC(C)=O. The number of hydrogen-bond donors (Lipinski definition) is 8. The Labute approximate surface area is 273 Å². The van der Waals surface area contributed by atoms with Crippen LogP contribution in [0.1, 0.15) is 20.8 Å². The van der Waals surface area contributed by atoms with Gasteiger partial charge in [0.2, 0.25) is 11.8 Å². The fourth-order valence-corrected chi connectivity index (χ4v) is 5.66. The number of aliphatic hydroxyl groups is 6. The Morgan fingerprint density at radius 3 is 1.72 bits per heavy atom. The molecule has 274 valence electrons. The third-order valence-corrected chi connectivity index (χ3v) is 8.09. The van der Waals surface area contributed by atoms with E-state index in [0.29, 0.717) is 39.6 Å². The Balaban J connectivity index is 1.17. The summed E-state index contributed by atoms with van der Waals surface area (Å²) in [6.45, 7) is 6.27. The predicted octanol–water partition coefficient (Wildman–Crippen LogP) is -4.39. The molecule has 1 aliphatic carbocycles. The van der Waals surface area contributed by atoms with Crippen molar-refractivity contribution in [3.63, 3.8) is 0 Å². The summed E-state index contributed by atoms with van der Waals surface area (Å²) < 4.78 is 44.6.